The largest absolute Gasteiger partial charge is 0.494 e. The summed E-state index contributed by atoms with van der Waals surface area (Å²) < 4.78 is 11.1. The molecule has 174 valence electrons. The first-order valence-corrected chi connectivity index (χ1v) is 11.6. The fraction of sp³-hybridized carbons (Fsp3) is 0.423. The Morgan fingerprint density at radius 2 is 1.48 bits per heavy atom. The van der Waals surface area contributed by atoms with Gasteiger partial charge in [-0.05, 0) is 67.5 Å². The number of rotatable bonds is 4. The smallest absolute Gasteiger partial charge is 0.322 e. The molecule has 1 unspecified atom stereocenters. The van der Waals surface area contributed by atoms with Crippen LogP contribution in [-0.2, 0) is 35.3 Å². The van der Waals surface area contributed by atoms with Crippen LogP contribution in [0.5, 0.6) is 11.5 Å². The average molecular weight is 451 g/mol. The lowest BCUT2D eigenvalue weighted by Crippen LogP contribution is -2.51. The van der Waals surface area contributed by atoms with Gasteiger partial charge in [0.15, 0.2) is 0 Å². The van der Waals surface area contributed by atoms with Gasteiger partial charge in [-0.15, -0.1) is 0 Å². The van der Waals surface area contributed by atoms with Crippen molar-refractivity contribution in [2.24, 2.45) is 0 Å². The van der Waals surface area contributed by atoms with Gasteiger partial charge in [-0.1, -0.05) is 24.3 Å². The molecule has 0 radical (unpaired) electrons. The molecule has 1 fully saturated rings. The normalized spacial score (nSPS) is 20.7. The average Bonchev–Trinajstić information content (AvgIpc) is 3.06. The molecule has 3 aliphatic rings. The van der Waals surface area contributed by atoms with Crippen molar-refractivity contribution in [1.29, 1.82) is 0 Å². The fourth-order valence-electron chi connectivity index (χ4n) is 4.85. The van der Waals surface area contributed by atoms with Crippen LogP contribution < -0.4 is 20.1 Å². The molecule has 2 aromatic rings. The van der Waals surface area contributed by atoms with Gasteiger partial charge in [0.1, 0.15) is 22.8 Å². The Kier molecular flexibility index (Phi) is 6.67. The first kappa shape index (κ1) is 22.8. The van der Waals surface area contributed by atoms with Crippen molar-refractivity contribution < 1.29 is 23.9 Å². The molecule has 0 bridgehead atoms. The molecule has 1 saturated heterocycles. The summed E-state index contributed by atoms with van der Waals surface area (Å²) in [6, 6.07) is 11.5. The molecule has 0 aromatic heterocycles. The van der Waals surface area contributed by atoms with E-state index < -0.39 is 11.6 Å². The van der Waals surface area contributed by atoms with Crippen LogP contribution >= 0.6 is 0 Å². The van der Waals surface area contributed by atoms with Crippen LogP contribution in [0.2, 0.25) is 0 Å². The van der Waals surface area contributed by atoms with E-state index in [-0.39, 0.29) is 5.91 Å². The van der Waals surface area contributed by atoms with Gasteiger partial charge in [0.05, 0.1) is 13.2 Å². The molecule has 1 aliphatic heterocycles. The van der Waals surface area contributed by atoms with E-state index in [0.717, 1.165) is 41.0 Å². The van der Waals surface area contributed by atoms with E-state index in [2.05, 4.69) is 10.6 Å². The maximum absolute atomic E-state index is 12.0. The maximum atomic E-state index is 12.0. The predicted molar refractivity (Wildman–Crippen MR) is 124 cm³/mol. The first-order chi connectivity index (χ1) is 16.0. The molecule has 2 aromatic carbocycles. The van der Waals surface area contributed by atoms with Crippen molar-refractivity contribution >= 4 is 17.7 Å². The summed E-state index contributed by atoms with van der Waals surface area (Å²) in [6.45, 7) is 5.24. The van der Waals surface area contributed by atoms with Crippen molar-refractivity contribution in [3.8, 4) is 11.5 Å². The zero-order valence-electron chi connectivity index (χ0n) is 19.2. The van der Waals surface area contributed by atoms with Crippen molar-refractivity contribution in [2.45, 2.75) is 57.9 Å². The molecule has 2 N–H and O–H groups in total. The van der Waals surface area contributed by atoms with Crippen LogP contribution in [0.25, 0.3) is 0 Å². The highest BCUT2D eigenvalue weighted by Gasteiger charge is 2.48. The minimum absolute atomic E-state index is 0.218. The zero-order chi connectivity index (χ0) is 23.4. The molecule has 1 atom stereocenters. The van der Waals surface area contributed by atoms with E-state index in [1.807, 2.05) is 50.2 Å². The van der Waals surface area contributed by atoms with Gasteiger partial charge in [0.2, 0.25) is 0 Å². The molecule has 2 aliphatic carbocycles. The van der Waals surface area contributed by atoms with E-state index >= 15 is 0 Å². The van der Waals surface area contributed by atoms with Gasteiger partial charge in [-0.3, -0.25) is 14.9 Å². The number of amides is 3. The van der Waals surface area contributed by atoms with E-state index in [1.54, 1.807) is 0 Å². The molecule has 7 heteroatoms. The summed E-state index contributed by atoms with van der Waals surface area (Å²) in [5.74, 6) is 1.97. The van der Waals surface area contributed by atoms with E-state index in [0.29, 0.717) is 44.7 Å². The molecule has 0 saturated carbocycles. The number of hydrogen-bond acceptors (Lipinski definition) is 5. The highest BCUT2D eigenvalue weighted by molar-refractivity contribution is 6.07. The van der Waals surface area contributed by atoms with Crippen LogP contribution in [0, 0.1) is 0 Å². The van der Waals surface area contributed by atoms with Crippen molar-refractivity contribution in [2.75, 3.05) is 13.2 Å². The van der Waals surface area contributed by atoms with Crippen LogP contribution in [0.3, 0.4) is 0 Å². The monoisotopic (exact) mass is 450 g/mol. The molecule has 1 heterocycles. The lowest BCUT2D eigenvalue weighted by Gasteiger charge is -2.32. The van der Waals surface area contributed by atoms with Gasteiger partial charge < -0.3 is 14.8 Å². The van der Waals surface area contributed by atoms with Gasteiger partial charge in [-0.2, -0.15) is 0 Å². The third kappa shape index (κ3) is 4.72. The topological polar surface area (TPSA) is 93.7 Å². The lowest BCUT2D eigenvalue weighted by atomic mass is 9.77. The third-order valence-corrected chi connectivity index (χ3v) is 6.41. The Labute approximate surface area is 193 Å². The van der Waals surface area contributed by atoms with Crippen LogP contribution in [-0.4, -0.2) is 36.5 Å². The molecule has 1 spiro atoms. The summed E-state index contributed by atoms with van der Waals surface area (Å²) >= 11 is 0. The van der Waals surface area contributed by atoms with E-state index in [4.69, 9.17) is 9.47 Å². The second-order valence-corrected chi connectivity index (χ2v) is 8.54. The van der Waals surface area contributed by atoms with Crippen molar-refractivity contribution in [3.63, 3.8) is 0 Å². The highest BCUT2D eigenvalue weighted by atomic mass is 16.5. The number of urea groups is 1. The number of carbonyl (C=O) groups excluding carboxylic acids is 3. The molecule has 5 rings (SSSR count). The number of nitrogens with one attached hydrogen (secondary N) is 2. The van der Waals surface area contributed by atoms with Gasteiger partial charge in [0.25, 0.3) is 5.91 Å². The highest BCUT2D eigenvalue weighted by Crippen LogP contribution is 2.35. The molecular weight excluding hydrogens is 420 g/mol. The number of hydrogen-bond donors (Lipinski definition) is 2. The van der Waals surface area contributed by atoms with E-state index in [1.165, 1.54) is 5.56 Å². The second kappa shape index (κ2) is 9.65. The minimum atomic E-state index is -0.769. The number of fused-ring (bicyclic) bond motifs is 2. The SMILES string of the molecule is CCOc1cccc2c1CCC(=O)C2.CCOc1cccc2c1CCC1(C2)NC(=O)NC1=O. The van der Waals surface area contributed by atoms with Gasteiger partial charge in [0, 0.05) is 19.3 Å². The van der Waals surface area contributed by atoms with Crippen LogP contribution in [0.1, 0.15) is 48.9 Å². The van der Waals surface area contributed by atoms with Gasteiger partial charge in [-0.25, -0.2) is 4.79 Å². The van der Waals surface area contributed by atoms with Crippen LogP contribution in [0.15, 0.2) is 36.4 Å². The summed E-state index contributed by atoms with van der Waals surface area (Å²) in [4.78, 5) is 34.6. The van der Waals surface area contributed by atoms with Crippen molar-refractivity contribution in [3.05, 3.63) is 58.7 Å². The van der Waals surface area contributed by atoms with Crippen LogP contribution in [0.4, 0.5) is 4.79 Å². The summed E-state index contributed by atoms with van der Waals surface area (Å²) in [5.41, 5.74) is 3.84. The quantitative estimate of drug-likeness (QED) is 0.697. The maximum Gasteiger partial charge on any atom is 0.322 e. The Balaban J connectivity index is 0.000000165. The number of benzene rings is 2. The van der Waals surface area contributed by atoms with Gasteiger partial charge >= 0.3 is 6.03 Å². The molecule has 3 amide bonds. The predicted octanol–water partition coefficient (Wildman–Crippen LogP) is 3.30. The minimum Gasteiger partial charge on any atom is -0.494 e. The lowest BCUT2D eigenvalue weighted by molar-refractivity contribution is -0.124. The number of ketones is 1. The Bertz CT molecular complexity index is 1080. The standard InChI is InChI=1S/C14H16N2O3.C12H14O2/c1-2-19-11-5-3-4-9-8-14(7-6-10(9)11)12(17)15-13(18)16-14;1-2-14-12-5-3-4-9-8-10(13)6-7-11(9)12/h3-5H,2,6-8H2,1H3,(H2,15,16,17,18);3-5H,2,6-8H2,1H3. The van der Waals surface area contributed by atoms with Crippen molar-refractivity contribution in [1.82, 2.24) is 10.6 Å². The number of carbonyl (C=O) groups is 3. The number of ether oxygens (including phenoxy) is 2. The summed E-state index contributed by atoms with van der Waals surface area (Å²) in [6.07, 6.45) is 3.96. The number of Topliss-reactive ketones (excluding diaryl/α,β-unsaturated/α-hetero) is 1. The fourth-order valence-corrected chi connectivity index (χ4v) is 4.85. The Hall–Kier alpha value is -3.35. The summed E-state index contributed by atoms with van der Waals surface area (Å²) in [7, 11) is 0. The molecule has 33 heavy (non-hydrogen) atoms. The second-order valence-electron chi connectivity index (χ2n) is 8.54. The molecular formula is C26H30N2O5. The van der Waals surface area contributed by atoms with E-state index in [9.17, 15) is 14.4 Å². The Morgan fingerprint density at radius 3 is 2.09 bits per heavy atom. The first-order valence-electron chi connectivity index (χ1n) is 11.6. The molecule has 7 nitrogen and oxygen atoms in total. The Morgan fingerprint density at radius 1 is 0.848 bits per heavy atom. The zero-order valence-corrected chi connectivity index (χ0v) is 19.2. The third-order valence-electron chi connectivity index (χ3n) is 6.41. The number of imide groups is 1. The summed E-state index contributed by atoms with van der Waals surface area (Å²) in [5, 5.41) is 5.10.